The molecule has 0 atom stereocenters. The summed E-state index contributed by atoms with van der Waals surface area (Å²) < 4.78 is 46.8. The molecule has 3 N–H and O–H groups in total. The molecule has 1 aliphatic carbocycles. The second-order valence-corrected chi connectivity index (χ2v) is 12.8. The van der Waals surface area contributed by atoms with Crippen LogP contribution in [0.3, 0.4) is 0 Å². The van der Waals surface area contributed by atoms with E-state index in [1.807, 2.05) is 53.1 Å². The van der Waals surface area contributed by atoms with Crippen molar-refractivity contribution in [3.8, 4) is 45.3 Å². The lowest BCUT2D eigenvalue weighted by Crippen LogP contribution is -2.14. The van der Waals surface area contributed by atoms with Crippen LogP contribution >= 0.6 is 11.3 Å². The van der Waals surface area contributed by atoms with Crippen molar-refractivity contribution in [2.75, 3.05) is 0 Å². The van der Waals surface area contributed by atoms with Gasteiger partial charge < -0.3 is 14.4 Å². The summed E-state index contributed by atoms with van der Waals surface area (Å²) in [6.07, 6.45) is 3.40. The van der Waals surface area contributed by atoms with E-state index in [0.717, 1.165) is 47.4 Å². The molecule has 2 aromatic heterocycles. The summed E-state index contributed by atoms with van der Waals surface area (Å²) in [6, 6.07) is 22.4. The fraction of sp³-hybridized carbons (Fsp3) is 0.152. The first-order chi connectivity index (χ1) is 21.2. The molecule has 1 saturated carbocycles. The maximum absolute atomic E-state index is 14.9. The predicted molar refractivity (Wildman–Crippen MR) is 166 cm³/mol. The number of carboxylic acid groups (broad SMARTS) is 1. The largest absolute Gasteiger partial charge is 0.476 e. The molecule has 8 nitrogen and oxygen atoms in total. The maximum Gasteiger partial charge on any atom is 0.355 e. The molecule has 5 aromatic rings. The first-order valence-electron chi connectivity index (χ1n) is 13.7. The van der Waals surface area contributed by atoms with E-state index in [9.17, 15) is 22.7 Å². The molecule has 0 amide bonds. The molecule has 222 valence electrons. The predicted octanol–water partition coefficient (Wildman–Crippen LogP) is 6.76. The average Bonchev–Trinajstić information content (AvgIpc) is 3.58. The number of rotatable bonds is 8. The van der Waals surface area contributed by atoms with E-state index in [-0.39, 0.29) is 12.2 Å². The average molecular weight is 628 g/mol. The fourth-order valence-electron chi connectivity index (χ4n) is 4.84. The minimum absolute atomic E-state index is 0.0778. The van der Waals surface area contributed by atoms with Gasteiger partial charge in [-0.15, -0.1) is 11.3 Å². The van der Waals surface area contributed by atoms with Crippen molar-refractivity contribution in [2.45, 2.75) is 30.7 Å². The van der Waals surface area contributed by atoms with Gasteiger partial charge in [-0.05, 0) is 66.4 Å². The number of hydrogen-bond donors (Lipinski definition) is 2. The monoisotopic (exact) mass is 627 g/mol. The van der Waals surface area contributed by atoms with Gasteiger partial charge in [0.25, 0.3) is 0 Å². The third-order valence-corrected chi connectivity index (χ3v) is 9.11. The van der Waals surface area contributed by atoms with Crippen LogP contribution in [0.1, 0.15) is 40.9 Å². The van der Waals surface area contributed by atoms with Crippen molar-refractivity contribution in [2.24, 2.45) is 11.1 Å². The number of halogens is 1. The number of carbonyl (C=O) groups is 1. The summed E-state index contributed by atoms with van der Waals surface area (Å²) >= 11 is 1.16. The van der Waals surface area contributed by atoms with Gasteiger partial charge in [-0.1, -0.05) is 54.7 Å². The molecule has 0 radical (unpaired) electrons. The maximum atomic E-state index is 14.9. The molecular weight excluding hydrogens is 602 g/mol. The van der Waals surface area contributed by atoms with Crippen LogP contribution in [0, 0.1) is 23.6 Å². The highest BCUT2D eigenvalue weighted by Gasteiger charge is 2.24. The Morgan fingerprint density at radius 2 is 1.89 bits per heavy atom. The lowest BCUT2D eigenvalue weighted by molar-refractivity contribution is 0.0691. The normalized spacial score (nSPS) is 13.1. The summed E-state index contributed by atoms with van der Waals surface area (Å²) in [4.78, 5) is 15.4. The van der Waals surface area contributed by atoms with E-state index >= 15 is 0 Å². The van der Waals surface area contributed by atoms with Crippen molar-refractivity contribution in [1.82, 2.24) is 9.55 Å². The van der Waals surface area contributed by atoms with E-state index < -0.39 is 26.7 Å². The summed E-state index contributed by atoms with van der Waals surface area (Å²) in [5.41, 5.74) is 3.20. The summed E-state index contributed by atoms with van der Waals surface area (Å²) in [5.74, 6) is 5.76. The van der Waals surface area contributed by atoms with E-state index in [1.165, 1.54) is 17.9 Å². The molecule has 0 unspecified atom stereocenters. The van der Waals surface area contributed by atoms with Crippen LogP contribution in [0.4, 0.5) is 4.39 Å². The number of benzene rings is 3. The lowest BCUT2D eigenvalue weighted by Gasteiger charge is -2.18. The van der Waals surface area contributed by atoms with Crippen LogP contribution in [-0.2, 0) is 16.6 Å². The van der Waals surface area contributed by atoms with E-state index in [4.69, 9.17) is 9.88 Å². The molecule has 11 heteroatoms. The number of aromatic nitrogens is 2. The van der Waals surface area contributed by atoms with Crippen LogP contribution in [0.25, 0.3) is 21.8 Å². The Morgan fingerprint density at radius 3 is 2.55 bits per heavy atom. The Balaban J connectivity index is 1.53. The van der Waals surface area contributed by atoms with E-state index in [1.54, 1.807) is 12.1 Å². The van der Waals surface area contributed by atoms with Gasteiger partial charge in [0.05, 0.1) is 17.8 Å². The van der Waals surface area contributed by atoms with Crippen molar-refractivity contribution in [3.05, 3.63) is 107 Å². The van der Waals surface area contributed by atoms with Crippen molar-refractivity contribution in [1.29, 1.82) is 0 Å². The van der Waals surface area contributed by atoms with Gasteiger partial charge in [-0.2, -0.15) is 0 Å². The van der Waals surface area contributed by atoms with Gasteiger partial charge in [0.15, 0.2) is 5.69 Å². The van der Waals surface area contributed by atoms with Crippen molar-refractivity contribution in [3.63, 3.8) is 0 Å². The molecule has 6 rings (SSSR count). The van der Waals surface area contributed by atoms with Crippen LogP contribution in [0.15, 0.2) is 89.1 Å². The Bertz CT molecular complexity index is 2040. The third kappa shape index (κ3) is 6.28. The fourth-order valence-corrected chi connectivity index (χ4v) is 6.23. The second kappa shape index (κ2) is 12.1. The number of hydrogen-bond acceptors (Lipinski definition) is 6. The SMILES string of the molecule is NS(=O)(=O)c1ccc(Cn2c(-c3cccc(C#CC4CCC4)c3)cc(-c3nc(C(=O)O)cs3)c2Oc2ccccc2)cc1F. The number of nitrogens with two attached hydrogens (primary N) is 1. The number of thiazole rings is 1. The molecule has 1 fully saturated rings. The number of para-hydroxylation sites is 1. The Kier molecular flexibility index (Phi) is 8.05. The topological polar surface area (TPSA) is 125 Å². The Labute approximate surface area is 257 Å². The van der Waals surface area contributed by atoms with Crippen LogP contribution in [-0.4, -0.2) is 29.0 Å². The van der Waals surface area contributed by atoms with Gasteiger partial charge in [0.2, 0.25) is 15.9 Å². The Hall–Kier alpha value is -4.76. The van der Waals surface area contributed by atoms with Gasteiger partial charge >= 0.3 is 5.97 Å². The standard InChI is InChI=1S/C33H26FN3O5S2/c34-27-17-23(14-15-30(27)44(35,40)41)19-37-29(24-9-5-8-22(16-24)13-12-21-6-4-7-21)18-26(31-36-28(20-43-31)33(38)39)32(37)42-25-10-2-1-3-11-25/h1-3,5,8-11,14-18,20-21H,4,6-7,19H2,(H,38,39)(H2,35,40,41). The number of ether oxygens (including phenoxy) is 1. The van der Waals surface area contributed by atoms with Gasteiger partial charge in [-0.3, -0.25) is 0 Å². The number of nitrogens with zero attached hydrogens (tertiary/aromatic N) is 2. The van der Waals surface area contributed by atoms with Crippen LogP contribution in [0.5, 0.6) is 11.6 Å². The first kappa shape index (κ1) is 29.3. The van der Waals surface area contributed by atoms with Crippen LogP contribution in [0.2, 0.25) is 0 Å². The smallest absolute Gasteiger partial charge is 0.355 e. The highest BCUT2D eigenvalue weighted by Crippen LogP contribution is 2.42. The molecule has 44 heavy (non-hydrogen) atoms. The van der Waals surface area contributed by atoms with E-state index in [0.29, 0.717) is 39.4 Å². The molecule has 0 aliphatic heterocycles. The molecule has 1 aliphatic rings. The molecular formula is C33H26FN3O5S2. The number of primary sulfonamides is 1. The molecule has 0 spiro atoms. The zero-order chi connectivity index (χ0) is 30.8. The molecule has 0 bridgehead atoms. The zero-order valence-corrected chi connectivity index (χ0v) is 24.9. The minimum atomic E-state index is -4.25. The van der Waals surface area contributed by atoms with E-state index in [2.05, 4.69) is 16.8 Å². The highest BCUT2D eigenvalue weighted by atomic mass is 32.2. The minimum Gasteiger partial charge on any atom is -0.476 e. The number of aromatic carboxylic acids is 1. The number of carboxylic acids is 1. The van der Waals surface area contributed by atoms with Crippen LogP contribution < -0.4 is 9.88 Å². The lowest BCUT2D eigenvalue weighted by atomic mass is 9.86. The summed E-state index contributed by atoms with van der Waals surface area (Å²) in [6.45, 7) is 0.0778. The highest BCUT2D eigenvalue weighted by molar-refractivity contribution is 7.89. The molecule has 0 saturated heterocycles. The number of sulfonamides is 1. The Morgan fingerprint density at radius 1 is 1.09 bits per heavy atom. The first-order valence-corrected chi connectivity index (χ1v) is 16.2. The zero-order valence-electron chi connectivity index (χ0n) is 23.2. The van der Waals surface area contributed by atoms with Crippen molar-refractivity contribution >= 4 is 27.3 Å². The third-order valence-electron chi connectivity index (χ3n) is 7.29. The quantitative estimate of drug-likeness (QED) is 0.183. The van der Waals surface area contributed by atoms with Gasteiger partial charge in [0, 0.05) is 16.9 Å². The second-order valence-electron chi connectivity index (χ2n) is 10.4. The summed E-state index contributed by atoms with van der Waals surface area (Å²) in [7, 11) is -4.25. The van der Waals surface area contributed by atoms with Crippen molar-refractivity contribution < 1.29 is 27.4 Å². The molecule has 3 aromatic carbocycles. The van der Waals surface area contributed by atoms with Gasteiger partial charge in [0.1, 0.15) is 21.5 Å². The summed E-state index contributed by atoms with van der Waals surface area (Å²) in [5, 5.41) is 16.6. The molecule has 2 heterocycles. The van der Waals surface area contributed by atoms with Gasteiger partial charge in [-0.25, -0.2) is 27.7 Å².